The first-order chi connectivity index (χ1) is 12.0. The Morgan fingerprint density at radius 1 is 1.40 bits per heavy atom. The van der Waals surface area contributed by atoms with Crippen LogP contribution in [0.1, 0.15) is 31.5 Å². The molecule has 0 aromatic carbocycles. The number of aromatic amines is 1. The number of nitrogens with one attached hydrogen (secondary N) is 2. The van der Waals surface area contributed by atoms with Gasteiger partial charge in [0.2, 0.25) is 11.9 Å². The van der Waals surface area contributed by atoms with Crippen LogP contribution < -0.4 is 10.9 Å². The first kappa shape index (κ1) is 17.1. The Labute approximate surface area is 148 Å². The number of H-pyrrole nitrogens is 1. The van der Waals surface area contributed by atoms with Crippen molar-refractivity contribution in [2.45, 2.75) is 33.6 Å². The summed E-state index contributed by atoms with van der Waals surface area (Å²) >= 11 is 1.55. The number of rotatable bonds is 5. The number of anilines is 1. The van der Waals surface area contributed by atoms with E-state index in [4.69, 9.17) is 0 Å². The topological polar surface area (TPSA) is 92.7 Å². The fourth-order valence-corrected chi connectivity index (χ4v) is 3.20. The Hall–Kier alpha value is -2.74. The SMILES string of the molecule is CCC(=O)Nc1cc(-c2cccs2)nn1-c1nc(C)c(CC)c(=O)[nH]1. The molecule has 0 aliphatic carbocycles. The average molecular weight is 357 g/mol. The highest BCUT2D eigenvalue weighted by atomic mass is 32.1. The monoisotopic (exact) mass is 357 g/mol. The van der Waals surface area contributed by atoms with Crippen molar-refractivity contribution in [1.29, 1.82) is 0 Å². The fourth-order valence-electron chi connectivity index (χ4n) is 2.52. The van der Waals surface area contributed by atoms with E-state index in [2.05, 4.69) is 20.4 Å². The summed E-state index contributed by atoms with van der Waals surface area (Å²) in [7, 11) is 0. The van der Waals surface area contributed by atoms with Crippen molar-refractivity contribution < 1.29 is 4.79 Å². The van der Waals surface area contributed by atoms with Gasteiger partial charge < -0.3 is 5.32 Å². The largest absolute Gasteiger partial charge is 0.310 e. The third kappa shape index (κ3) is 3.39. The Kier molecular flexibility index (Phi) is 4.80. The van der Waals surface area contributed by atoms with Crippen LogP contribution in [0.4, 0.5) is 5.82 Å². The molecule has 0 unspecified atom stereocenters. The number of aryl methyl sites for hydroxylation is 1. The van der Waals surface area contributed by atoms with Crippen molar-refractivity contribution in [3.8, 4) is 16.5 Å². The molecule has 3 heterocycles. The zero-order chi connectivity index (χ0) is 18.0. The van der Waals surface area contributed by atoms with Crippen molar-refractivity contribution in [2.24, 2.45) is 0 Å². The van der Waals surface area contributed by atoms with Gasteiger partial charge in [-0.2, -0.15) is 9.78 Å². The zero-order valence-corrected chi connectivity index (χ0v) is 15.1. The standard InChI is InChI=1S/C17H19N5O2S/c1-4-11-10(3)18-17(20-16(11)24)22-14(19-15(23)5-2)9-12(21-22)13-7-6-8-25-13/h6-9H,4-5H2,1-3H3,(H,19,23)(H,18,20,24). The molecule has 2 N–H and O–H groups in total. The quantitative estimate of drug-likeness (QED) is 0.734. The van der Waals surface area contributed by atoms with Crippen molar-refractivity contribution in [3.63, 3.8) is 0 Å². The predicted octanol–water partition coefficient (Wildman–Crippen LogP) is 2.90. The first-order valence-corrected chi connectivity index (χ1v) is 8.95. The molecule has 130 valence electrons. The molecule has 0 atom stereocenters. The Bertz CT molecular complexity index is 956. The van der Waals surface area contributed by atoms with Gasteiger partial charge in [0.05, 0.1) is 4.88 Å². The third-order valence-corrected chi connectivity index (χ3v) is 4.73. The minimum Gasteiger partial charge on any atom is -0.310 e. The Morgan fingerprint density at radius 3 is 2.80 bits per heavy atom. The minimum atomic E-state index is -0.189. The van der Waals surface area contributed by atoms with E-state index in [-0.39, 0.29) is 17.4 Å². The second-order valence-electron chi connectivity index (χ2n) is 5.51. The number of nitrogens with zero attached hydrogens (tertiary/aromatic N) is 3. The van der Waals surface area contributed by atoms with E-state index in [0.29, 0.717) is 35.6 Å². The smallest absolute Gasteiger partial charge is 0.255 e. The maximum atomic E-state index is 12.3. The number of hydrogen-bond donors (Lipinski definition) is 2. The van der Waals surface area contributed by atoms with E-state index in [1.54, 1.807) is 31.3 Å². The second-order valence-corrected chi connectivity index (χ2v) is 6.46. The second kappa shape index (κ2) is 7.02. The van der Waals surface area contributed by atoms with Crippen LogP contribution in [-0.2, 0) is 11.2 Å². The molecule has 7 nitrogen and oxygen atoms in total. The van der Waals surface area contributed by atoms with Crippen LogP contribution in [0.5, 0.6) is 0 Å². The van der Waals surface area contributed by atoms with Gasteiger partial charge in [-0.25, -0.2) is 4.98 Å². The van der Waals surface area contributed by atoms with Gasteiger partial charge in [0, 0.05) is 23.7 Å². The van der Waals surface area contributed by atoms with Gasteiger partial charge in [0.25, 0.3) is 5.56 Å². The summed E-state index contributed by atoms with van der Waals surface area (Å²) in [4.78, 5) is 32.3. The lowest BCUT2D eigenvalue weighted by molar-refractivity contribution is -0.115. The molecule has 8 heteroatoms. The van der Waals surface area contributed by atoms with E-state index in [0.717, 1.165) is 4.88 Å². The van der Waals surface area contributed by atoms with Gasteiger partial charge in [-0.1, -0.05) is 19.9 Å². The molecule has 0 fully saturated rings. The summed E-state index contributed by atoms with van der Waals surface area (Å²) in [5.41, 5.74) is 1.82. The molecule has 25 heavy (non-hydrogen) atoms. The summed E-state index contributed by atoms with van der Waals surface area (Å²) in [5, 5.41) is 9.30. The van der Waals surface area contributed by atoms with Crippen molar-refractivity contribution in [2.75, 3.05) is 5.32 Å². The Morgan fingerprint density at radius 2 is 2.20 bits per heavy atom. The van der Waals surface area contributed by atoms with E-state index in [1.807, 2.05) is 24.4 Å². The lowest BCUT2D eigenvalue weighted by atomic mass is 10.2. The summed E-state index contributed by atoms with van der Waals surface area (Å²) < 4.78 is 1.47. The summed E-state index contributed by atoms with van der Waals surface area (Å²) in [6.45, 7) is 5.48. The van der Waals surface area contributed by atoms with E-state index in [9.17, 15) is 9.59 Å². The number of amides is 1. The molecular weight excluding hydrogens is 338 g/mol. The molecule has 0 spiro atoms. The lowest BCUT2D eigenvalue weighted by Gasteiger charge is -2.09. The van der Waals surface area contributed by atoms with Gasteiger partial charge in [-0.3, -0.25) is 14.6 Å². The highest BCUT2D eigenvalue weighted by Crippen LogP contribution is 2.27. The predicted molar refractivity (Wildman–Crippen MR) is 98.3 cm³/mol. The van der Waals surface area contributed by atoms with Crippen molar-refractivity contribution in [3.05, 3.63) is 45.2 Å². The van der Waals surface area contributed by atoms with Crippen LogP contribution in [0.2, 0.25) is 0 Å². The molecule has 0 saturated heterocycles. The summed E-state index contributed by atoms with van der Waals surface area (Å²) in [6, 6.07) is 5.66. The highest BCUT2D eigenvalue weighted by Gasteiger charge is 2.16. The normalized spacial score (nSPS) is 10.8. The lowest BCUT2D eigenvalue weighted by Crippen LogP contribution is -2.21. The molecule has 3 aromatic heterocycles. The highest BCUT2D eigenvalue weighted by molar-refractivity contribution is 7.13. The fraction of sp³-hybridized carbons (Fsp3) is 0.294. The third-order valence-electron chi connectivity index (χ3n) is 3.84. The van der Waals surface area contributed by atoms with Crippen LogP contribution in [0.25, 0.3) is 16.5 Å². The Balaban J connectivity index is 2.13. The van der Waals surface area contributed by atoms with Crippen LogP contribution in [-0.4, -0.2) is 25.7 Å². The molecule has 0 bridgehead atoms. The van der Waals surface area contributed by atoms with Gasteiger partial charge in [0.1, 0.15) is 11.5 Å². The molecule has 1 amide bonds. The summed E-state index contributed by atoms with van der Waals surface area (Å²) in [6.07, 6.45) is 0.949. The zero-order valence-electron chi connectivity index (χ0n) is 14.3. The van der Waals surface area contributed by atoms with Crippen LogP contribution >= 0.6 is 11.3 Å². The van der Waals surface area contributed by atoms with Gasteiger partial charge in [0.15, 0.2) is 0 Å². The molecule has 3 rings (SSSR count). The molecule has 0 saturated carbocycles. The number of hydrogen-bond acceptors (Lipinski definition) is 5. The van der Waals surface area contributed by atoms with E-state index in [1.165, 1.54) is 4.68 Å². The summed E-state index contributed by atoms with van der Waals surface area (Å²) in [5.74, 6) is 0.624. The van der Waals surface area contributed by atoms with Crippen LogP contribution in [0.15, 0.2) is 28.4 Å². The van der Waals surface area contributed by atoms with Gasteiger partial charge >= 0.3 is 0 Å². The molecule has 0 radical (unpaired) electrons. The first-order valence-electron chi connectivity index (χ1n) is 8.07. The number of thiophene rings is 1. The maximum absolute atomic E-state index is 12.3. The van der Waals surface area contributed by atoms with Crippen LogP contribution in [0, 0.1) is 6.92 Å². The minimum absolute atomic E-state index is 0.136. The van der Waals surface area contributed by atoms with Gasteiger partial charge in [-0.05, 0) is 24.8 Å². The van der Waals surface area contributed by atoms with Crippen molar-refractivity contribution >= 4 is 23.1 Å². The van der Waals surface area contributed by atoms with Crippen LogP contribution in [0.3, 0.4) is 0 Å². The average Bonchev–Trinajstić information content (AvgIpc) is 3.23. The molecular formula is C17H19N5O2S. The molecule has 3 aromatic rings. The molecule has 0 aliphatic rings. The van der Waals surface area contributed by atoms with Crippen molar-refractivity contribution in [1.82, 2.24) is 19.7 Å². The number of carbonyl (C=O) groups excluding carboxylic acids is 1. The van der Waals surface area contributed by atoms with E-state index < -0.39 is 0 Å². The number of carbonyl (C=O) groups is 1. The maximum Gasteiger partial charge on any atom is 0.255 e. The molecule has 0 aliphatic heterocycles. The van der Waals surface area contributed by atoms with Gasteiger partial charge in [-0.15, -0.1) is 11.3 Å². The van der Waals surface area contributed by atoms with E-state index >= 15 is 0 Å². The number of aromatic nitrogens is 4.